The van der Waals surface area contributed by atoms with Crippen LogP contribution in [0, 0.1) is 0 Å². The minimum Gasteiger partial charge on any atom is -0.370 e. The van der Waals surface area contributed by atoms with E-state index in [4.69, 9.17) is 16.3 Å². The summed E-state index contributed by atoms with van der Waals surface area (Å²) in [6, 6.07) is 3.94. The summed E-state index contributed by atoms with van der Waals surface area (Å²) >= 11 is 6.83. The number of hydrogen-bond donors (Lipinski definition) is 4. The summed E-state index contributed by atoms with van der Waals surface area (Å²) in [5, 5.41) is 9.64. The first-order valence-corrected chi connectivity index (χ1v) is 12.2. The van der Waals surface area contributed by atoms with E-state index in [0.717, 1.165) is 22.3 Å². The van der Waals surface area contributed by atoms with Gasteiger partial charge in [-0.2, -0.15) is 13.2 Å². The van der Waals surface area contributed by atoms with E-state index in [1.807, 2.05) is 0 Å². The van der Waals surface area contributed by atoms with E-state index >= 15 is 0 Å². The van der Waals surface area contributed by atoms with E-state index in [-0.39, 0.29) is 49.1 Å². The van der Waals surface area contributed by atoms with Crippen LogP contribution in [-0.2, 0) is 20.5 Å². The Balaban J connectivity index is 1.79. The molecule has 0 spiro atoms. The molecule has 1 aromatic carbocycles. The maximum Gasteiger partial charge on any atom is 0.418 e. The molecule has 37 heavy (non-hydrogen) atoms. The van der Waals surface area contributed by atoms with Gasteiger partial charge in [-0.25, -0.2) is 4.79 Å². The summed E-state index contributed by atoms with van der Waals surface area (Å²) in [6.45, 7) is 1.23. The predicted molar refractivity (Wildman–Crippen MR) is 131 cm³/mol. The Morgan fingerprint density at radius 1 is 1.19 bits per heavy atom. The van der Waals surface area contributed by atoms with Crippen LogP contribution >= 0.6 is 22.9 Å². The van der Waals surface area contributed by atoms with E-state index in [9.17, 15) is 32.3 Å². The number of ether oxygens (including phenoxy) is 1. The molecule has 10 nitrogen and oxygen atoms in total. The van der Waals surface area contributed by atoms with Crippen LogP contribution in [0.2, 0.25) is 4.34 Å². The lowest BCUT2D eigenvalue weighted by atomic mass is 10.1. The number of nitrogens with one attached hydrogen (secondary N) is 4. The van der Waals surface area contributed by atoms with Crippen molar-refractivity contribution < 1.29 is 37.1 Å². The second-order valence-corrected chi connectivity index (χ2v) is 9.40. The molecule has 1 aromatic heterocycles. The van der Waals surface area contributed by atoms with Crippen LogP contribution in [0.5, 0.6) is 0 Å². The number of alkyl halides is 3. The van der Waals surface area contributed by atoms with Crippen molar-refractivity contribution in [3.63, 3.8) is 0 Å². The van der Waals surface area contributed by atoms with Crippen LogP contribution in [-0.4, -0.2) is 62.6 Å². The number of halogens is 4. The third-order valence-electron chi connectivity index (χ3n) is 5.07. The number of thiophene rings is 1. The molecular formula is C22H23ClF3N5O5S. The zero-order chi connectivity index (χ0) is 27.2. The first-order chi connectivity index (χ1) is 17.5. The summed E-state index contributed by atoms with van der Waals surface area (Å²) in [5.74, 6) is -2.05. The number of carbonyl (C=O) groups is 4. The van der Waals surface area contributed by atoms with Crippen molar-refractivity contribution in [3.05, 3.63) is 45.1 Å². The van der Waals surface area contributed by atoms with Gasteiger partial charge in [0.15, 0.2) is 0 Å². The fourth-order valence-electron chi connectivity index (χ4n) is 3.38. The fourth-order valence-corrected chi connectivity index (χ4v) is 4.34. The van der Waals surface area contributed by atoms with Gasteiger partial charge >= 0.3 is 12.2 Å². The van der Waals surface area contributed by atoms with Gasteiger partial charge in [-0.15, -0.1) is 11.3 Å². The van der Waals surface area contributed by atoms with Crippen LogP contribution < -0.4 is 26.2 Å². The SMILES string of the molecule is CCNC(=O)N[C@@H](CNC(=O)c1ccc(Cl)s1)C(=O)Nc1ccc(N2CCOCC2=O)c(C(F)(F)F)c1. The average molecular weight is 562 g/mol. The number of benzene rings is 1. The highest BCUT2D eigenvalue weighted by atomic mass is 35.5. The van der Waals surface area contributed by atoms with Gasteiger partial charge in [-0.3, -0.25) is 14.4 Å². The van der Waals surface area contributed by atoms with Gasteiger partial charge in [0.25, 0.3) is 11.8 Å². The van der Waals surface area contributed by atoms with E-state index in [1.54, 1.807) is 6.92 Å². The predicted octanol–water partition coefficient (Wildman–Crippen LogP) is 2.84. The zero-order valence-corrected chi connectivity index (χ0v) is 21.0. The molecule has 0 bridgehead atoms. The molecule has 0 saturated carbocycles. The molecule has 200 valence electrons. The number of urea groups is 1. The fraction of sp³-hybridized carbons (Fsp3) is 0.364. The third kappa shape index (κ3) is 7.57. The lowest BCUT2D eigenvalue weighted by Crippen LogP contribution is -2.53. The summed E-state index contributed by atoms with van der Waals surface area (Å²) < 4.78 is 46.9. The van der Waals surface area contributed by atoms with Crippen LogP contribution in [0.15, 0.2) is 30.3 Å². The molecule has 2 heterocycles. The smallest absolute Gasteiger partial charge is 0.370 e. The standard InChI is InChI=1S/C22H23ClF3N5O5S/c1-2-27-21(35)30-14(10-28-20(34)16-5-6-17(23)37-16)19(33)29-12-3-4-15(13(9-12)22(24,25)26)31-7-8-36-11-18(31)32/h3-6,9,14H,2,7-8,10-11H2,1H3,(H,28,34)(H,29,33)(H2,27,30,35)/t14-/m0/s1. The normalized spacial score (nSPS) is 14.6. The van der Waals surface area contributed by atoms with E-state index in [2.05, 4.69) is 21.3 Å². The van der Waals surface area contributed by atoms with Gasteiger partial charge in [-0.05, 0) is 37.3 Å². The highest BCUT2D eigenvalue weighted by Gasteiger charge is 2.37. The average Bonchev–Trinajstić information content (AvgIpc) is 3.28. The Hall–Kier alpha value is -3.36. The lowest BCUT2D eigenvalue weighted by molar-refractivity contribution is -0.137. The molecule has 1 aliphatic heterocycles. The first kappa shape index (κ1) is 28.2. The van der Waals surface area contributed by atoms with Gasteiger partial charge in [0.05, 0.1) is 27.1 Å². The molecule has 0 unspecified atom stereocenters. The summed E-state index contributed by atoms with van der Waals surface area (Å²) in [6.07, 6.45) is -4.83. The maximum atomic E-state index is 13.8. The van der Waals surface area contributed by atoms with E-state index in [0.29, 0.717) is 10.4 Å². The maximum absolute atomic E-state index is 13.8. The number of carbonyl (C=O) groups excluding carboxylic acids is 4. The van der Waals surface area contributed by atoms with Crippen molar-refractivity contribution in [2.45, 2.75) is 19.1 Å². The monoisotopic (exact) mass is 561 g/mol. The van der Waals surface area contributed by atoms with E-state index < -0.39 is 41.5 Å². The van der Waals surface area contributed by atoms with Gasteiger partial charge in [0.1, 0.15) is 12.6 Å². The molecule has 1 fully saturated rings. The van der Waals surface area contributed by atoms with Crippen molar-refractivity contribution >= 4 is 58.1 Å². The molecule has 1 saturated heterocycles. The van der Waals surface area contributed by atoms with Crippen molar-refractivity contribution in [1.29, 1.82) is 0 Å². The second-order valence-electron chi connectivity index (χ2n) is 7.69. The van der Waals surface area contributed by atoms with Crippen LogP contribution in [0.3, 0.4) is 0 Å². The molecule has 4 N–H and O–H groups in total. The molecule has 0 aliphatic carbocycles. The van der Waals surface area contributed by atoms with Gasteiger partial charge in [0.2, 0.25) is 5.91 Å². The Labute approximate surface area is 218 Å². The van der Waals surface area contributed by atoms with E-state index in [1.165, 1.54) is 18.2 Å². The van der Waals surface area contributed by atoms with Crippen molar-refractivity contribution in [1.82, 2.24) is 16.0 Å². The third-order valence-corrected chi connectivity index (χ3v) is 6.30. The minimum atomic E-state index is -4.83. The highest BCUT2D eigenvalue weighted by molar-refractivity contribution is 7.18. The quantitative estimate of drug-likeness (QED) is 0.394. The number of amides is 5. The van der Waals surface area contributed by atoms with Crippen LogP contribution in [0.25, 0.3) is 0 Å². The molecule has 1 aliphatic rings. The van der Waals surface area contributed by atoms with Crippen molar-refractivity contribution in [2.75, 3.05) is 43.1 Å². The zero-order valence-electron chi connectivity index (χ0n) is 19.4. The number of rotatable bonds is 8. The number of morpholine rings is 1. The molecule has 3 rings (SSSR count). The van der Waals surface area contributed by atoms with Gasteiger partial charge < -0.3 is 30.9 Å². The molecular weight excluding hydrogens is 539 g/mol. The Kier molecular flexibility index (Phi) is 9.34. The molecule has 15 heteroatoms. The van der Waals surface area contributed by atoms with Gasteiger partial charge in [-0.1, -0.05) is 11.6 Å². The highest BCUT2D eigenvalue weighted by Crippen LogP contribution is 2.38. The summed E-state index contributed by atoms with van der Waals surface area (Å²) in [5.41, 5.74) is -1.71. The number of hydrogen-bond acceptors (Lipinski definition) is 6. The Morgan fingerprint density at radius 2 is 1.95 bits per heavy atom. The molecule has 0 radical (unpaired) electrons. The second kappa shape index (κ2) is 12.3. The Morgan fingerprint density at radius 3 is 2.57 bits per heavy atom. The lowest BCUT2D eigenvalue weighted by Gasteiger charge is -2.29. The largest absolute Gasteiger partial charge is 0.418 e. The van der Waals surface area contributed by atoms with Gasteiger partial charge in [0, 0.05) is 25.3 Å². The van der Waals surface area contributed by atoms with Crippen molar-refractivity contribution in [2.24, 2.45) is 0 Å². The number of nitrogens with zero attached hydrogens (tertiary/aromatic N) is 1. The molecule has 5 amide bonds. The van der Waals surface area contributed by atoms with Crippen LogP contribution in [0.4, 0.5) is 29.3 Å². The van der Waals surface area contributed by atoms with Crippen LogP contribution in [0.1, 0.15) is 22.2 Å². The first-order valence-electron chi connectivity index (χ1n) is 11.0. The summed E-state index contributed by atoms with van der Waals surface area (Å²) in [7, 11) is 0. The number of anilines is 2. The Bertz CT molecular complexity index is 1180. The molecule has 1 atom stereocenters. The summed E-state index contributed by atoms with van der Waals surface area (Å²) in [4.78, 5) is 50.6. The topological polar surface area (TPSA) is 129 Å². The minimum absolute atomic E-state index is 0.0543. The van der Waals surface area contributed by atoms with Crippen molar-refractivity contribution in [3.8, 4) is 0 Å². The molecule has 2 aromatic rings.